The van der Waals surface area contributed by atoms with Crippen molar-refractivity contribution >= 4 is 37.3 Å². The van der Waals surface area contributed by atoms with Gasteiger partial charge in [-0.1, -0.05) is 6.92 Å². The van der Waals surface area contributed by atoms with E-state index in [-0.39, 0.29) is 22.4 Å². The maximum Gasteiger partial charge on any atom is 0.261 e. The molecule has 156 valence electrons. The summed E-state index contributed by atoms with van der Waals surface area (Å²) in [5.74, 6) is -0.794. The highest BCUT2D eigenvalue weighted by Gasteiger charge is 2.41. The van der Waals surface area contributed by atoms with Crippen LogP contribution in [0.15, 0.2) is 53.4 Å². The smallest absolute Gasteiger partial charge is 0.261 e. The van der Waals surface area contributed by atoms with Gasteiger partial charge in [-0.15, -0.1) is 0 Å². The summed E-state index contributed by atoms with van der Waals surface area (Å²) >= 11 is 0. The lowest BCUT2D eigenvalue weighted by atomic mass is 10.2. The number of amides is 1. The minimum Gasteiger partial charge on any atom is -0.491 e. The van der Waals surface area contributed by atoms with Crippen LogP contribution in [0, 0.1) is 5.92 Å². The summed E-state index contributed by atoms with van der Waals surface area (Å²) in [4.78, 5) is 12.1. The first-order valence-corrected chi connectivity index (χ1v) is 12.1. The molecule has 0 radical (unpaired) electrons. The average molecular weight is 439 g/mol. The Hall–Kier alpha value is -2.59. The number of hydrogen-bond acceptors (Lipinski definition) is 6. The average Bonchev–Trinajstić information content (AvgIpc) is 2.83. The fourth-order valence-electron chi connectivity index (χ4n) is 2.94. The molecule has 2 aromatic carbocycles. The first-order valence-electron chi connectivity index (χ1n) is 8.96. The van der Waals surface area contributed by atoms with Crippen LogP contribution < -0.4 is 13.8 Å². The van der Waals surface area contributed by atoms with Gasteiger partial charge in [-0.2, -0.15) is 0 Å². The van der Waals surface area contributed by atoms with Crippen LogP contribution in [0.1, 0.15) is 20.8 Å². The summed E-state index contributed by atoms with van der Waals surface area (Å²) in [5, 5.41) is 0. The minimum absolute atomic E-state index is 0.00495. The number of sulfonamides is 2. The second-order valence-electron chi connectivity index (χ2n) is 7.07. The molecular formula is C19H22N2O6S2. The third-order valence-electron chi connectivity index (χ3n) is 4.22. The fourth-order valence-corrected chi connectivity index (χ4v) is 5.81. The van der Waals surface area contributed by atoms with Crippen LogP contribution in [-0.2, 0) is 24.8 Å². The number of nitrogens with zero attached hydrogens (tertiary/aromatic N) is 1. The van der Waals surface area contributed by atoms with Gasteiger partial charge in [0.25, 0.3) is 10.0 Å². The lowest BCUT2D eigenvalue weighted by Gasteiger charge is -2.16. The van der Waals surface area contributed by atoms with Crippen molar-refractivity contribution in [2.45, 2.75) is 31.8 Å². The summed E-state index contributed by atoms with van der Waals surface area (Å²) < 4.78 is 58.2. The van der Waals surface area contributed by atoms with Gasteiger partial charge < -0.3 is 4.74 Å². The molecule has 2 aromatic rings. The summed E-state index contributed by atoms with van der Waals surface area (Å²) in [5.41, 5.74) is 0.477. The minimum atomic E-state index is -3.89. The van der Waals surface area contributed by atoms with E-state index in [1.165, 1.54) is 24.3 Å². The third-order valence-corrected chi connectivity index (χ3v) is 7.49. The first-order chi connectivity index (χ1) is 13.5. The molecule has 1 aliphatic rings. The second-order valence-corrected chi connectivity index (χ2v) is 10.6. The second kappa shape index (κ2) is 7.68. The number of nitrogens with one attached hydrogen (secondary N) is 1. The molecule has 3 rings (SSSR count). The van der Waals surface area contributed by atoms with Gasteiger partial charge in [-0.05, 0) is 62.4 Å². The molecule has 8 nitrogen and oxygen atoms in total. The molecule has 1 atom stereocenters. The molecule has 0 spiro atoms. The highest BCUT2D eigenvalue weighted by atomic mass is 32.2. The highest BCUT2D eigenvalue weighted by molar-refractivity contribution is 7.94. The molecular weight excluding hydrogens is 416 g/mol. The Morgan fingerprint density at radius 3 is 2.14 bits per heavy atom. The van der Waals surface area contributed by atoms with E-state index in [0.717, 1.165) is 4.31 Å². The van der Waals surface area contributed by atoms with Crippen molar-refractivity contribution in [3.05, 3.63) is 48.5 Å². The van der Waals surface area contributed by atoms with E-state index in [1.807, 2.05) is 13.8 Å². The van der Waals surface area contributed by atoms with Gasteiger partial charge in [-0.3, -0.25) is 9.52 Å². The number of ether oxygens (including phenoxy) is 1. The van der Waals surface area contributed by atoms with Crippen LogP contribution in [0.2, 0.25) is 0 Å². The van der Waals surface area contributed by atoms with Crippen molar-refractivity contribution in [2.75, 3.05) is 14.8 Å². The van der Waals surface area contributed by atoms with Crippen LogP contribution in [0.3, 0.4) is 0 Å². The topological polar surface area (TPSA) is 110 Å². The Morgan fingerprint density at radius 1 is 1.07 bits per heavy atom. The normalized spacial score (nSPS) is 18.8. The molecule has 10 heteroatoms. The predicted molar refractivity (Wildman–Crippen MR) is 110 cm³/mol. The number of carbonyl (C=O) groups is 1. The van der Waals surface area contributed by atoms with Gasteiger partial charge in [0.05, 0.1) is 28.4 Å². The Labute approximate surface area is 170 Å². The van der Waals surface area contributed by atoms with Gasteiger partial charge >= 0.3 is 0 Å². The molecule has 1 amide bonds. The zero-order valence-corrected chi connectivity index (χ0v) is 17.8. The van der Waals surface area contributed by atoms with E-state index in [4.69, 9.17) is 4.74 Å². The molecule has 0 bridgehead atoms. The molecule has 1 fully saturated rings. The van der Waals surface area contributed by atoms with Gasteiger partial charge in [0.15, 0.2) is 0 Å². The van der Waals surface area contributed by atoms with Crippen molar-refractivity contribution in [1.82, 2.24) is 0 Å². The molecule has 1 aliphatic heterocycles. The van der Waals surface area contributed by atoms with E-state index in [0.29, 0.717) is 11.4 Å². The number of benzene rings is 2. The largest absolute Gasteiger partial charge is 0.491 e. The van der Waals surface area contributed by atoms with Crippen molar-refractivity contribution in [2.24, 2.45) is 5.92 Å². The Balaban J connectivity index is 1.79. The summed E-state index contributed by atoms with van der Waals surface area (Å²) in [6.07, 6.45) is 0.00495. The predicted octanol–water partition coefficient (Wildman–Crippen LogP) is 2.59. The standard InChI is InChI=1S/C19H22N2O6S2/c1-13(2)27-17-8-4-15(5-9-17)20-29(25,26)18-10-6-16(7-11-18)21-19(22)14(3)12-28(21,23)24/h4-11,13-14,20H,12H2,1-3H3. The summed E-state index contributed by atoms with van der Waals surface area (Å²) in [6, 6.07) is 11.6. The van der Waals surface area contributed by atoms with E-state index >= 15 is 0 Å². The quantitative estimate of drug-likeness (QED) is 0.742. The summed E-state index contributed by atoms with van der Waals surface area (Å²) in [7, 11) is -7.63. The maximum absolute atomic E-state index is 12.6. The Morgan fingerprint density at radius 2 is 1.66 bits per heavy atom. The zero-order chi connectivity index (χ0) is 21.4. The van der Waals surface area contributed by atoms with E-state index < -0.39 is 31.9 Å². The van der Waals surface area contributed by atoms with Crippen LogP contribution in [0.5, 0.6) is 5.75 Å². The molecule has 1 saturated heterocycles. The molecule has 1 unspecified atom stereocenters. The lowest BCUT2D eigenvalue weighted by molar-refractivity contribution is -0.119. The van der Waals surface area contributed by atoms with Gasteiger partial charge in [0.1, 0.15) is 5.75 Å². The van der Waals surface area contributed by atoms with Crippen LogP contribution in [-0.4, -0.2) is 34.6 Å². The SMILES string of the molecule is CC(C)Oc1ccc(NS(=O)(=O)c2ccc(N3C(=O)C(C)CS3(=O)=O)cc2)cc1. The van der Waals surface area contributed by atoms with Crippen LogP contribution in [0.25, 0.3) is 0 Å². The Kier molecular flexibility index (Phi) is 5.59. The molecule has 0 aliphatic carbocycles. The molecule has 1 heterocycles. The molecule has 1 N–H and O–H groups in total. The van der Waals surface area contributed by atoms with Crippen molar-refractivity contribution < 1.29 is 26.4 Å². The number of carbonyl (C=O) groups excluding carboxylic acids is 1. The summed E-state index contributed by atoms with van der Waals surface area (Å²) in [6.45, 7) is 5.32. The molecule has 29 heavy (non-hydrogen) atoms. The monoisotopic (exact) mass is 438 g/mol. The van der Waals surface area contributed by atoms with E-state index in [2.05, 4.69) is 4.72 Å². The van der Waals surface area contributed by atoms with E-state index in [9.17, 15) is 21.6 Å². The van der Waals surface area contributed by atoms with Crippen molar-refractivity contribution in [1.29, 1.82) is 0 Å². The highest BCUT2D eigenvalue weighted by Crippen LogP contribution is 2.29. The molecule has 0 saturated carbocycles. The van der Waals surface area contributed by atoms with Crippen molar-refractivity contribution in [3.8, 4) is 5.75 Å². The fraction of sp³-hybridized carbons (Fsp3) is 0.316. The molecule has 0 aromatic heterocycles. The van der Waals surface area contributed by atoms with Gasteiger partial charge in [0.2, 0.25) is 15.9 Å². The lowest BCUT2D eigenvalue weighted by Crippen LogP contribution is -2.30. The number of hydrogen-bond donors (Lipinski definition) is 1. The third kappa shape index (κ3) is 4.54. The zero-order valence-electron chi connectivity index (χ0n) is 16.2. The Bertz CT molecular complexity index is 1110. The maximum atomic E-state index is 12.6. The van der Waals surface area contributed by atoms with E-state index in [1.54, 1.807) is 31.2 Å². The van der Waals surface area contributed by atoms with Crippen molar-refractivity contribution in [3.63, 3.8) is 0 Å². The number of rotatable bonds is 6. The van der Waals surface area contributed by atoms with Gasteiger partial charge in [-0.25, -0.2) is 21.1 Å². The van der Waals surface area contributed by atoms with Crippen LogP contribution >= 0.6 is 0 Å². The number of anilines is 2. The first kappa shape index (κ1) is 21.1. The van der Waals surface area contributed by atoms with Gasteiger partial charge in [0, 0.05) is 5.69 Å². The van der Waals surface area contributed by atoms with Crippen LogP contribution in [0.4, 0.5) is 11.4 Å².